The maximum atomic E-state index is 5.49. The van der Waals surface area contributed by atoms with Gasteiger partial charge in [-0.05, 0) is 26.7 Å². The molecule has 0 amide bonds. The van der Waals surface area contributed by atoms with E-state index >= 15 is 0 Å². The molecule has 0 saturated heterocycles. The van der Waals surface area contributed by atoms with Crippen LogP contribution >= 0.6 is 0 Å². The molecule has 110 valence electrons. The Balaban J connectivity index is 3.03. The lowest BCUT2D eigenvalue weighted by atomic mass is 10.3. The van der Waals surface area contributed by atoms with Crippen LogP contribution in [0.3, 0.4) is 0 Å². The van der Waals surface area contributed by atoms with E-state index < -0.39 is 0 Å². The van der Waals surface area contributed by atoms with E-state index in [4.69, 9.17) is 18.9 Å². The van der Waals surface area contributed by atoms with Crippen LogP contribution in [-0.4, -0.2) is 51.8 Å². The summed E-state index contributed by atoms with van der Waals surface area (Å²) in [5.41, 5.74) is 0. The summed E-state index contributed by atoms with van der Waals surface area (Å²) >= 11 is 0. The Bertz CT molecular complexity index is 146. The molecule has 0 N–H and O–H groups in total. The first-order valence-electron chi connectivity index (χ1n) is 7.09. The number of hydrogen-bond acceptors (Lipinski definition) is 4. The van der Waals surface area contributed by atoms with Crippen LogP contribution in [0, 0.1) is 0 Å². The highest BCUT2D eigenvalue weighted by molar-refractivity contribution is 4.45. The zero-order chi connectivity index (χ0) is 13.6. The van der Waals surface area contributed by atoms with Crippen LogP contribution in [0.5, 0.6) is 0 Å². The summed E-state index contributed by atoms with van der Waals surface area (Å²) in [4.78, 5) is 0. The molecule has 0 fully saturated rings. The Morgan fingerprint density at radius 2 is 0.944 bits per heavy atom. The first kappa shape index (κ1) is 17.8. The van der Waals surface area contributed by atoms with Gasteiger partial charge in [-0.3, -0.25) is 0 Å². The van der Waals surface area contributed by atoms with Crippen molar-refractivity contribution < 1.29 is 18.9 Å². The predicted octanol–water partition coefficient (Wildman–Crippen LogP) is 2.65. The molecule has 0 radical (unpaired) electrons. The van der Waals surface area contributed by atoms with Gasteiger partial charge in [0.2, 0.25) is 0 Å². The third kappa shape index (κ3) is 12.3. The minimum absolute atomic E-state index is 0.322. The van der Waals surface area contributed by atoms with Crippen LogP contribution in [0.15, 0.2) is 0 Å². The Kier molecular flexibility index (Phi) is 13.2. The van der Waals surface area contributed by atoms with Crippen LogP contribution in [0.4, 0.5) is 0 Å². The molecule has 0 heterocycles. The third-order valence-electron chi connectivity index (χ3n) is 2.78. The molecule has 0 rings (SSSR count). The van der Waals surface area contributed by atoms with Gasteiger partial charge >= 0.3 is 0 Å². The molecule has 18 heavy (non-hydrogen) atoms. The Hall–Kier alpha value is -0.160. The summed E-state index contributed by atoms with van der Waals surface area (Å²) in [5, 5.41) is 0. The van der Waals surface area contributed by atoms with Crippen molar-refractivity contribution in [3.8, 4) is 0 Å². The maximum absolute atomic E-state index is 5.49. The second-order valence-corrected chi connectivity index (χ2v) is 4.40. The van der Waals surface area contributed by atoms with Crippen molar-refractivity contribution >= 4 is 0 Å². The van der Waals surface area contributed by atoms with Crippen molar-refractivity contribution in [1.82, 2.24) is 0 Å². The van der Waals surface area contributed by atoms with E-state index in [-0.39, 0.29) is 0 Å². The highest BCUT2D eigenvalue weighted by Crippen LogP contribution is 1.96. The van der Waals surface area contributed by atoms with Crippen molar-refractivity contribution in [2.24, 2.45) is 0 Å². The second kappa shape index (κ2) is 13.3. The average molecular weight is 262 g/mol. The summed E-state index contributed by atoms with van der Waals surface area (Å²) in [6.45, 7) is 12.2. The van der Waals surface area contributed by atoms with E-state index in [2.05, 4.69) is 27.7 Å². The summed E-state index contributed by atoms with van der Waals surface area (Å²) in [6, 6.07) is 0. The standard InChI is InChI=1S/C14H30O4/c1-5-13(3)17-11-9-15-7-8-16-10-12-18-14(4)6-2/h13-14H,5-12H2,1-4H3. The molecule has 0 aliphatic heterocycles. The van der Waals surface area contributed by atoms with E-state index in [9.17, 15) is 0 Å². The largest absolute Gasteiger partial charge is 0.377 e. The highest BCUT2D eigenvalue weighted by atomic mass is 16.6. The molecule has 4 nitrogen and oxygen atoms in total. The van der Waals surface area contributed by atoms with Gasteiger partial charge in [0, 0.05) is 0 Å². The van der Waals surface area contributed by atoms with Gasteiger partial charge in [-0.2, -0.15) is 0 Å². The maximum Gasteiger partial charge on any atom is 0.0704 e. The van der Waals surface area contributed by atoms with Crippen LogP contribution in [0.2, 0.25) is 0 Å². The topological polar surface area (TPSA) is 36.9 Å². The minimum atomic E-state index is 0.322. The smallest absolute Gasteiger partial charge is 0.0704 e. The van der Waals surface area contributed by atoms with Gasteiger partial charge in [-0.25, -0.2) is 0 Å². The fraction of sp³-hybridized carbons (Fsp3) is 1.00. The predicted molar refractivity (Wildman–Crippen MR) is 73.0 cm³/mol. The molecule has 0 aromatic carbocycles. The van der Waals surface area contributed by atoms with Gasteiger partial charge in [0.05, 0.1) is 51.8 Å². The zero-order valence-corrected chi connectivity index (χ0v) is 12.4. The Morgan fingerprint density at radius 3 is 1.28 bits per heavy atom. The molecule has 0 bridgehead atoms. The lowest BCUT2D eigenvalue weighted by molar-refractivity contribution is -0.0236. The number of rotatable bonds is 13. The van der Waals surface area contributed by atoms with E-state index in [1.165, 1.54) is 0 Å². The van der Waals surface area contributed by atoms with Crippen LogP contribution in [0.25, 0.3) is 0 Å². The van der Waals surface area contributed by atoms with Crippen molar-refractivity contribution in [2.45, 2.75) is 52.7 Å². The zero-order valence-electron chi connectivity index (χ0n) is 12.4. The molecule has 0 spiro atoms. The molecular weight excluding hydrogens is 232 g/mol. The number of hydrogen-bond donors (Lipinski definition) is 0. The summed E-state index contributed by atoms with van der Waals surface area (Å²) in [5.74, 6) is 0. The van der Waals surface area contributed by atoms with E-state index in [0.29, 0.717) is 51.8 Å². The quantitative estimate of drug-likeness (QED) is 0.478. The second-order valence-electron chi connectivity index (χ2n) is 4.40. The minimum Gasteiger partial charge on any atom is -0.377 e. The Labute approximate surface area is 112 Å². The van der Waals surface area contributed by atoms with Crippen molar-refractivity contribution in [3.05, 3.63) is 0 Å². The van der Waals surface area contributed by atoms with Gasteiger partial charge in [0.15, 0.2) is 0 Å². The average Bonchev–Trinajstić information content (AvgIpc) is 2.40. The van der Waals surface area contributed by atoms with Crippen molar-refractivity contribution in [2.75, 3.05) is 39.6 Å². The van der Waals surface area contributed by atoms with Crippen LogP contribution in [0.1, 0.15) is 40.5 Å². The van der Waals surface area contributed by atoms with Gasteiger partial charge in [0.1, 0.15) is 0 Å². The molecular formula is C14H30O4. The summed E-state index contributed by atoms with van der Waals surface area (Å²) in [7, 11) is 0. The van der Waals surface area contributed by atoms with Gasteiger partial charge < -0.3 is 18.9 Å². The summed E-state index contributed by atoms with van der Waals surface area (Å²) in [6.07, 6.45) is 2.73. The van der Waals surface area contributed by atoms with Crippen molar-refractivity contribution in [1.29, 1.82) is 0 Å². The van der Waals surface area contributed by atoms with E-state index in [0.717, 1.165) is 12.8 Å². The van der Waals surface area contributed by atoms with Crippen LogP contribution in [-0.2, 0) is 18.9 Å². The van der Waals surface area contributed by atoms with Crippen LogP contribution < -0.4 is 0 Å². The third-order valence-corrected chi connectivity index (χ3v) is 2.78. The highest BCUT2D eigenvalue weighted by Gasteiger charge is 1.98. The fourth-order valence-corrected chi connectivity index (χ4v) is 1.17. The fourth-order valence-electron chi connectivity index (χ4n) is 1.17. The summed E-state index contributed by atoms with van der Waals surface area (Å²) < 4.78 is 21.8. The van der Waals surface area contributed by atoms with Gasteiger partial charge in [-0.1, -0.05) is 13.8 Å². The monoisotopic (exact) mass is 262 g/mol. The van der Waals surface area contributed by atoms with E-state index in [1.807, 2.05) is 0 Å². The number of ether oxygens (including phenoxy) is 4. The van der Waals surface area contributed by atoms with Gasteiger partial charge in [-0.15, -0.1) is 0 Å². The molecule has 0 saturated carbocycles. The molecule has 0 aromatic heterocycles. The molecule has 0 aliphatic carbocycles. The van der Waals surface area contributed by atoms with Gasteiger partial charge in [0.25, 0.3) is 0 Å². The first-order chi connectivity index (χ1) is 8.70. The molecule has 2 unspecified atom stereocenters. The molecule has 4 heteroatoms. The van der Waals surface area contributed by atoms with E-state index in [1.54, 1.807) is 0 Å². The lowest BCUT2D eigenvalue weighted by Gasteiger charge is -2.11. The molecule has 0 aromatic rings. The molecule has 0 aliphatic rings. The first-order valence-corrected chi connectivity index (χ1v) is 7.09. The lowest BCUT2D eigenvalue weighted by Crippen LogP contribution is -2.15. The normalized spacial score (nSPS) is 14.7. The SMILES string of the molecule is CCC(C)OCCOCCOCCOC(C)CC. The Morgan fingerprint density at radius 1 is 0.611 bits per heavy atom. The molecule has 2 atom stereocenters. The van der Waals surface area contributed by atoms with Crippen molar-refractivity contribution in [3.63, 3.8) is 0 Å².